The van der Waals surface area contributed by atoms with Gasteiger partial charge in [-0.1, -0.05) is 0 Å². The zero-order valence-corrected chi connectivity index (χ0v) is 13.3. The van der Waals surface area contributed by atoms with Crippen molar-refractivity contribution in [3.63, 3.8) is 0 Å². The highest BCUT2D eigenvalue weighted by Gasteiger charge is 2.37. The first kappa shape index (κ1) is 15.2. The minimum absolute atomic E-state index is 0.323. The standard InChI is InChI=1S/C15H18N2O4S/c1-9-12(16-14(21-9)10-3-4-22-8-10)7-17-6-11(18)5-13(17)15(19)20-2/h3-4,8,11,13,18H,5-7H2,1-2H3/t11-,13+/m0/s1. The number of esters is 1. The second-order valence-electron chi connectivity index (χ2n) is 5.39. The van der Waals surface area contributed by atoms with Gasteiger partial charge in [-0.3, -0.25) is 9.69 Å². The van der Waals surface area contributed by atoms with Crippen molar-refractivity contribution in [1.29, 1.82) is 0 Å². The lowest BCUT2D eigenvalue weighted by Crippen LogP contribution is -2.36. The summed E-state index contributed by atoms with van der Waals surface area (Å²) >= 11 is 1.59. The molecule has 6 nitrogen and oxygen atoms in total. The first-order chi connectivity index (χ1) is 10.6. The molecule has 0 spiro atoms. The van der Waals surface area contributed by atoms with Crippen molar-refractivity contribution < 1.29 is 19.1 Å². The highest BCUT2D eigenvalue weighted by Crippen LogP contribution is 2.27. The molecule has 3 heterocycles. The third-order valence-corrected chi connectivity index (χ3v) is 4.55. The molecule has 0 radical (unpaired) electrons. The Morgan fingerprint density at radius 3 is 3.14 bits per heavy atom. The van der Waals surface area contributed by atoms with E-state index in [-0.39, 0.29) is 5.97 Å². The molecule has 1 fully saturated rings. The average Bonchev–Trinajstić information content (AvgIpc) is 3.20. The summed E-state index contributed by atoms with van der Waals surface area (Å²) < 4.78 is 10.5. The third-order valence-electron chi connectivity index (χ3n) is 3.87. The summed E-state index contributed by atoms with van der Waals surface area (Å²) in [6, 6.07) is 1.53. The number of methoxy groups -OCH3 is 1. The minimum Gasteiger partial charge on any atom is -0.468 e. The maximum Gasteiger partial charge on any atom is 0.323 e. The molecule has 1 aliphatic heterocycles. The molecular formula is C15H18N2O4S. The molecule has 22 heavy (non-hydrogen) atoms. The highest BCUT2D eigenvalue weighted by molar-refractivity contribution is 7.08. The monoisotopic (exact) mass is 322 g/mol. The predicted molar refractivity (Wildman–Crippen MR) is 81.4 cm³/mol. The van der Waals surface area contributed by atoms with Crippen LogP contribution in [0.1, 0.15) is 17.9 Å². The average molecular weight is 322 g/mol. The highest BCUT2D eigenvalue weighted by atomic mass is 32.1. The van der Waals surface area contributed by atoms with Gasteiger partial charge < -0.3 is 14.3 Å². The largest absolute Gasteiger partial charge is 0.468 e. The number of β-amino-alcohol motifs (C(OH)–C–C–N with tert-alkyl or cyclic N) is 1. The van der Waals surface area contributed by atoms with Crippen molar-refractivity contribution >= 4 is 17.3 Å². The minimum atomic E-state index is -0.521. The maximum absolute atomic E-state index is 11.8. The van der Waals surface area contributed by atoms with E-state index < -0.39 is 12.1 Å². The van der Waals surface area contributed by atoms with Gasteiger partial charge in [0.25, 0.3) is 0 Å². The zero-order valence-electron chi connectivity index (χ0n) is 12.5. The van der Waals surface area contributed by atoms with E-state index in [1.54, 1.807) is 11.3 Å². The van der Waals surface area contributed by atoms with Crippen LogP contribution in [0.15, 0.2) is 21.2 Å². The molecule has 0 unspecified atom stereocenters. The zero-order chi connectivity index (χ0) is 15.7. The Labute approximate surface area is 132 Å². The van der Waals surface area contributed by atoms with E-state index in [4.69, 9.17) is 9.15 Å². The number of oxazole rings is 1. The van der Waals surface area contributed by atoms with Gasteiger partial charge in [0.05, 0.1) is 18.9 Å². The van der Waals surface area contributed by atoms with E-state index in [2.05, 4.69) is 4.98 Å². The molecule has 0 aromatic carbocycles. The molecule has 0 amide bonds. The van der Waals surface area contributed by atoms with E-state index in [1.807, 2.05) is 28.7 Å². The predicted octanol–water partition coefficient (Wildman–Crippen LogP) is 1.82. The van der Waals surface area contributed by atoms with Crippen molar-refractivity contribution in [2.75, 3.05) is 13.7 Å². The number of likely N-dealkylation sites (tertiary alicyclic amines) is 1. The lowest BCUT2D eigenvalue weighted by atomic mass is 10.2. The summed E-state index contributed by atoms with van der Waals surface area (Å²) in [4.78, 5) is 18.2. The summed E-state index contributed by atoms with van der Waals surface area (Å²) in [7, 11) is 1.36. The van der Waals surface area contributed by atoms with Crippen molar-refractivity contribution in [2.24, 2.45) is 0 Å². The van der Waals surface area contributed by atoms with Crippen LogP contribution in [-0.4, -0.2) is 46.8 Å². The summed E-state index contributed by atoms with van der Waals surface area (Å²) in [5.74, 6) is 0.991. The number of aliphatic hydroxyl groups excluding tert-OH is 1. The number of aryl methyl sites for hydroxylation is 1. The van der Waals surface area contributed by atoms with Crippen LogP contribution in [0.25, 0.3) is 11.5 Å². The quantitative estimate of drug-likeness (QED) is 0.865. The maximum atomic E-state index is 11.8. The number of rotatable bonds is 4. The van der Waals surface area contributed by atoms with E-state index in [1.165, 1.54) is 7.11 Å². The Kier molecular flexibility index (Phi) is 4.28. The molecule has 0 bridgehead atoms. The number of hydrogen-bond acceptors (Lipinski definition) is 7. The fourth-order valence-electron chi connectivity index (χ4n) is 2.71. The summed E-state index contributed by atoms with van der Waals surface area (Å²) in [6.07, 6.45) is -0.131. The van der Waals surface area contributed by atoms with Gasteiger partial charge in [0.2, 0.25) is 5.89 Å². The Morgan fingerprint density at radius 1 is 1.64 bits per heavy atom. The first-order valence-electron chi connectivity index (χ1n) is 7.07. The topological polar surface area (TPSA) is 75.8 Å². The van der Waals surface area contributed by atoms with Crippen molar-refractivity contribution in [3.05, 3.63) is 28.3 Å². The molecule has 1 aliphatic rings. The fraction of sp³-hybridized carbons (Fsp3) is 0.467. The van der Waals surface area contributed by atoms with Crippen molar-refractivity contribution in [2.45, 2.75) is 32.0 Å². The van der Waals surface area contributed by atoms with Crippen molar-refractivity contribution in [1.82, 2.24) is 9.88 Å². The number of carbonyl (C=O) groups is 1. The summed E-state index contributed by atoms with van der Waals surface area (Å²) in [5.41, 5.74) is 1.73. The SMILES string of the molecule is COC(=O)[C@H]1C[C@H](O)CN1Cc1nc(-c2ccsc2)oc1C. The van der Waals surface area contributed by atoms with Crippen LogP contribution in [0.5, 0.6) is 0 Å². The van der Waals surface area contributed by atoms with Crippen LogP contribution in [0.2, 0.25) is 0 Å². The summed E-state index contributed by atoms with van der Waals surface area (Å²) in [6.45, 7) is 2.74. The Morgan fingerprint density at radius 2 is 2.45 bits per heavy atom. The van der Waals surface area contributed by atoms with Gasteiger partial charge in [-0.05, 0) is 18.4 Å². The van der Waals surface area contributed by atoms with Crippen LogP contribution in [0, 0.1) is 6.92 Å². The van der Waals surface area contributed by atoms with Gasteiger partial charge in [0.15, 0.2) is 0 Å². The molecule has 118 valence electrons. The Bertz CT molecular complexity index is 653. The molecular weight excluding hydrogens is 304 g/mol. The van der Waals surface area contributed by atoms with Crippen LogP contribution in [-0.2, 0) is 16.1 Å². The first-order valence-corrected chi connectivity index (χ1v) is 8.01. The fourth-order valence-corrected chi connectivity index (χ4v) is 3.34. The van der Waals surface area contributed by atoms with Crippen molar-refractivity contribution in [3.8, 4) is 11.5 Å². The van der Waals surface area contributed by atoms with Gasteiger partial charge in [-0.25, -0.2) is 4.98 Å². The van der Waals surface area contributed by atoms with Crippen LogP contribution in [0.4, 0.5) is 0 Å². The second kappa shape index (κ2) is 6.20. The number of nitrogens with zero attached hydrogens (tertiary/aromatic N) is 2. The van der Waals surface area contributed by atoms with Gasteiger partial charge in [0.1, 0.15) is 11.8 Å². The van der Waals surface area contributed by atoms with Crippen LogP contribution >= 0.6 is 11.3 Å². The van der Waals surface area contributed by atoms with Gasteiger partial charge >= 0.3 is 5.97 Å². The van der Waals surface area contributed by atoms with Crippen LogP contribution in [0.3, 0.4) is 0 Å². The van der Waals surface area contributed by atoms with E-state index in [0.717, 1.165) is 17.0 Å². The van der Waals surface area contributed by atoms with Crippen LogP contribution < -0.4 is 0 Å². The van der Waals surface area contributed by atoms with E-state index in [0.29, 0.717) is 25.4 Å². The number of hydrogen-bond donors (Lipinski definition) is 1. The van der Waals surface area contributed by atoms with E-state index in [9.17, 15) is 9.90 Å². The molecule has 3 rings (SSSR count). The smallest absolute Gasteiger partial charge is 0.323 e. The molecule has 2 atom stereocenters. The normalized spacial score (nSPS) is 22.1. The molecule has 0 aliphatic carbocycles. The van der Waals surface area contributed by atoms with Gasteiger partial charge in [-0.15, -0.1) is 0 Å². The van der Waals surface area contributed by atoms with Gasteiger partial charge in [-0.2, -0.15) is 11.3 Å². The molecule has 7 heteroatoms. The number of carbonyl (C=O) groups excluding carboxylic acids is 1. The molecule has 0 saturated carbocycles. The summed E-state index contributed by atoms with van der Waals surface area (Å²) in [5, 5.41) is 13.8. The molecule has 1 N–H and O–H groups in total. The van der Waals surface area contributed by atoms with Gasteiger partial charge in [0, 0.05) is 30.5 Å². The lowest BCUT2D eigenvalue weighted by Gasteiger charge is -2.20. The molecule has 2 aromatic heterocycles. The second-order valence-corrected chi connectivity index (χ2v) is 6.17. The number of thiophene rings is 1. The third kappa shape index (κ3) is 2.92. The molecule has 1 saturated heterocycles. The Hall–Kier alpha value is -1.70. The van der Waals surface area contributed by atoms with E-state index >= 15 is 0 Å². The number of ether oxygens (including phenoxy) is 1. The number of aliphatic hydroxyl groups is 1. The Balaban J connectivity index is 1.79. The number of aromatic nitrogens is 1. The molecule has 2 aromatic rings. The lowest BCUT2D eigenvalue weighted by molar-refractivity contribution is -0.146.